The molecule has 7 heteroatoms. The Kier molecular flexibility index (Phi) is 6.03. The van der Waals surface area contributed by atoms with E-state index in [2.05, 4.69) is 10.1 Å². The Bertz CT molecular complexity index is 874. The smallest absolute Gasteiger partial charge is 0.337 e. The third-order valence-corrected chi connectivity index (χ3v) is 4.80. The standard InChI is InChI=1S/C21H21FN2O4/c1-28-21(27)16-3-2-4-18(13-16)23-19(25)14-9-11-24(12-10-14)20(26)15-5-7-17(22)8-6-15/h2-8,13-14H,9-12H2,1H3,(H,23,25). The zero-order chi connectivity index (χ0) is 20.1. The number of ether oxygens (including phenoxy) is 1. The van der Waals surface area contributed by atoms with Crippen molar-refractivity contribution in [1.29, 1.82) is 0 Å². The molecule has 0 aromatic heterocycles. The third-order valence-electron chi connectivity index (χ3n) is 4.80. The fourth-order valence-electron chi connectivity index (χ4n) is 3.21. The first-order chi connectivity index (χ1) is 13.5. The Morgan fingerprint density at radius 3 is 2.36 bits per heavy atom. The largest absolute Gasteiger partial charge is 0.465 e. The van der Waals surface area contributed by atoms with Crippen LogP contribution >= 0.6 is 0 Å². The van der Waals surface area contributed by atoms with E-state index in [1.165, 1.54) is 31.4 Å². The van der Waals surface area contributed by atoms with E-state index in [0.29, 0.717) is 42.7 Å². The van der Waals surface area contributed by atoms with Gasteiger partial charge in [-0.1, -0.05) is 6.07 Å². The van der Waals surface area contributed by atoms with Gasteiger partial charge in [-0.3, -0.25) is 9.59 Å². The highest BCUT2D eigenvalue weighted by Gasteiger charge is 2.28. The summed E-state index contributed by atoms with van der Waals surface area (Å²) in [5.74, 6) is -1.38. The van der Waals surface area contributed by atoms with Gasteiger partial charge in [0.05, 0.1) is 12.7 Å². The van der Waals surface area contributed by atoms with Crippen LogP contribution in [0.25, 0.3) is 0 Å². The number of halogens is 1. The summed E-state index contributed by atoms with van der Waals surface area (Å²) in [5, 5.41) is 2.82. The quantitative estimate of drug-likeness (QED) is 0.822. The lowest BCUT2D eigenvalue weighted by Gasteiger charge is -2.31. The summed E-state index contributed by atoms with van der Waals surface area (Å²) >= 11 is 0. The number of carbonyl (C=O) groups excluding carboxylic acids is 3. The zero-order valence-corrected chi connectivity index (χ0v) is 15.5. The lowest BCUT2D eigenvalue weighted by atomic mass is 9.95. The molecule has 6 nitrogen and oxygen atoms in total. The Hall–Kier alpha value is -3.22. The first-order valence-electron chi connectivity index (χ1n) is 9.02. The number of nitrogens with one attached hydrogen (secondary N) is 1. The molecule has 146 valence electrons. The van der Waals surface area contributed by atoms with Gasteiger partial charge in [0, 0.05) is 30.3 Å². The lowest BCUT2D eigenvalue weighted by molar-refractivity contribution is -0.121. The van der Waals surface area contributed by atoms with Crippen molar-refractivity contribution < 1.29 is 23.5 Å². The molecule has 28 heavy (non-hydrogen) atoms. The van der Waals surface area contributed by atoms with Gasteiger partial charge in [-0.15, -0.1) is 0 Å². The summed E-state index contributed by atoms with van der Waals surface area (Å²) in [7, 11) is 1.30. The van der Waals surface area contributed by atoms with Gasteiger partial charge in [0.2, 0.25) is 5.91 Å². The van der Waals surface area contributed by atoms with Crippen LogP contribution in [0.5, 0.6) is 0 Å². The molecule has 0 atom stereocenters. The number of hydrogen-bond donors (Lipinski definition) is 1. The molecule has 1 aliphatic heterocycles. The number of benzene rings is 2. The van der Waals surface area contributed by atoms with Crippen molar-refractivity contribution in [3.63, 3.8) is 0 Å². The molecule has 2 aromatic rings. The van der Waals surface area contributed by atoms with E-state index < -0.39 is 5.97 Å². The predicted molar refractivity (Wildman–Crippen MR) is 101 cm³/mol. The zero-order valence-electron chi connectivity index (χ0n) is 15.5. The monoisotopic (exact) mass is 384 g/mol. The number of carbonyl (C=O) groups is 3. The summed E-state index contributed by atoms with van der Waals surface area (Å²) in [6.45, 7) is 0.910. The number of rotatable bonds is 4. The predicted octanol–water partition coefficient (Wildman–Crippen LogP) is 3.10. The molecule has 1 fully saturated rings. The molecule has 3 rings (SSSR count). The molecule has 0 bridgehead atoms. The van der Waals surface area contributed by atoms with Crippen LogP contribution in [0.15, 0.2) is 48.5 Å². The number of nitrogens with zero attached hydrogens (tertiary/aromatic N) is 1. The molecule has 1 heterocycles. The first kappa shape index (κ1) is 19.5. The second-order valence-corrected chi connectivity index (χ2v) is 6.64. The lowest BCUT2D eigenvalue weighted by Crippen LogP contribution is -2.41. The molecule has 1 aliphatic rings. The topological polar surface area (TPSA) is 75.7 Å². The van der Waals surface area contributed by atoms with E-state index >= 15 is 0 Å². The number of esters is 1. The van der Waals surface area contributed by atoms with E-state index in [1.54, 1.807) is 29.2 Å². The van der Waals surface area contributed by atoms with E-state index in [-0.39, 0.29) is 23.5 Å². The fraction of sp³-hybridized carbons (Fsp3) is 0.286. The van der Waals surface area contributed by atoms with E-state index in [1.807, 2.05) is 0 Å². The number of amides is 2. The Morgan fingerprint density at radius 1 is 1.04 bits per heavy atom. The minimum absolute atomic E-state index is 0.143. The van der Waals surface area contributed by atoms with Crippen molar-refractivity contribution in [2.45, 2.75) is 12.8 Å². The van der Waals surface area contributed by atoms with Crippen molar-refractivity contribution in [2.24, 2.45) is 5.92 Å². The van der Waals surface area contributed by atoms with E-state index in [4.69, 9.17) is 0 Å². The van der Waals surface area contributed by atoms with Crippen molar-refractivity contribution in [3.8, 4) is 0 Å². The van der Waals surface area contributed by atoms with Crippen LogP contribution in [-0.4, -0.2) is 42.9 Å². The average molecular weight is 384 g/mol. The number of hydrogen-bond acceptors (Lipinski definition) is 4. The van der Waals surface area contributed by atoms with E-state index in [9.17, 15) is 18.8 Å². The van der Waals surface area contributed by atoms with Crippen molar-refractivity contribution >= 4 is 23.5 Å². The average Bonchev–Trinajstić information content (AvgIpc) is 2.73. The minimum Gasteiger partial charge on any atom is -0.465 e. The summed E-state index contributed by atoms with van der Waals surface area (Å²) < 4.78 is 17.7. The first-order valence-corrected chi connectivity index (χ1v) is 9.02. The molecule has 0 spiro atoms. The highest BCUT2D eigenvalue weighted by atomic mass is 19.1. The van der Waals surface area contributed by atoms with Gasteiger partial charge in [0.25, 0.3) is 5.91 Å². The maximum absolute atomic E-state index is 13.0. The second kappa shape index (κ2) is 8.65. The maximum atomic E-state index is 13.0. The Balaban J connectivity index is 1.56. The number of likely N-dealkylation sites (tertiary alicyclic amines) is 1. The van der Waals surface area contributed by atoms with Gasteiger partial charge in [-0.2, -0.15) is 0 Å². The van der Waals surface area contributed by atoms with Crippen LogP contribution in [-0.2, 0) is 9.53 Å². The summed E-state index contributed by atoms with van der Waals surface area (Å²) in [6.07, 6.45) is 1.07. The normalized spacial score (nSPS) is 14.4. The molecule has 2 amide bonds. The Morgan fingerprint density at radius 2 is 1.71 bits per heavy atom. The number of anilines is 1. The summed E-state index contributed by atoms with van der Waals surface area (Å²) in [6, 6.07) is 12.0. The molecule has 1 saturated heterocycles. The van der Waals surface area contributed by atoms with Crippen LogP contribution in [0.4, 0.5) is 10.1 Å². The molecule has 1 N–H and O–H groups in total. The molecule has 0 radical (unpaired) electrons. The summed E-state index contributed by atoms with van der Waals surface area (Å²) in [4.78, 5) is 38.3. The van der Waals surface area contributed by atoms with Gasteiger partial charge in [0.1, 0.15) is 5.82 Å². The second-order valence-electron chi connectivity index (χ2n) is 6.64. The van der Waals surface area contributed by atoms with Crippen molar-refractivity contribution in [1.82, 2.24) is 4.90 Å². The summed E-state index contributed by atoms with van der Waals surface area (Å²) in [5.41, 5.74) is 1.32. The third kappa shape index (κ3) is 4.54. The highest BCUT2D eigenvalue weighted by Crippen LogP contribution is 2.21. The molecule has 0 unspecified atom stereocenters. The van der Waals surface area contributed by atoms with Crippen molar-refractivity contribution in [3.05, 3.63) is 65.5 Å². The number of piperidine rings is 1. The molecule has 2 aromatic carbocycles. The van der Waals surface area contributed by atoms with Gasteiger partial charge in [-0.25, -0.2) is 9.18 Å². The van der Waals surface area contributed by atoms with Crippen LogP contribution < -0.4 is 5.32 Å². The van der Waals surface area contributed by atoms with E-state index in [0.717, 1.165) is 0 Å². The van der Waals surface area contributed by atoms with Crippen LogP contribution in [0.3, 0.4) is 0 Å². The fourth-order valence-corrected chi connectivity index (χ4v) is 3.21. The van der Waals surface area contributed by atoms with Crippen LogP contribution in [0, 0.1) is 11.7 Å². The SMILES string of the molecule is COC(=O)c1cccc(NC(=O)C2CCN(C(=O)c3ccc(F)cc3)CC2)c1. The minimum atomic E-state index is -0.469. The number of methoxy groups -OCH3 is 1. The van der Waals surface area contributed by atoms with Gasteiger partial charge in [0.15, 0.2) is 0 Å². The van der Waals surface area contributed by atoms with Crippen molar-refractivity contribution in [2.75, 3.05) is 25.5 Å². The molecule has 0 saturated carbocycles. The van der Waals surface area contributed by atoms with Crippen LogP contribution in [0.1, 0.15) is 33.6 Å². The van der Waals surface area contributed by atoms with Gasteiger partial charge in [-0.05, 0) is 55.3 Å². The molecule has 0 aliphatic carbocycles. The van der Waals surface area contributed by atoms with Crippen LogP contribution in [0.2, 0.25) is 0 Å². The maximum Gasteiger partial charge on any atom is 0.337 e. The molecular weight excluding hydrogens is 363 g/mol. The Labute approximate surface area is 162 Å². The highest BCUT2D eigenvalue weighted by molar-refractivity contribution is 5.96. The van der Waals surface area contributed by atoms with Gasteiger partial charge < -0.3 is 15.0 Å². The van der Waals surface area contributed by atoms with Gasteiger partial charge >= 0.3 is 5.97 Å². The molecular formula is C21H21FN2O4.